The van der Waals surface area contributed by atoms with Gasteiger partial charge in [0.15, 0.2) is 23.7 Å². The molecule has 244 valence electrons. The normalized spacial score (nSPS) is 32.4. The molecule has 2 aliphatic rings. The maximum Gasteiger partial charge on any atom is 0.470 e. The molecule has 9 atom stereocenters. The standard InChI is InChI=1S/C17H27N4O19P3/c1-34-15-8-14(18-4-19-15)21(5-20-8)16-13(40-43(31,32)33)10(6(2-22)35-16)37-17-9(24)12(39-42(28,29)30)11(7(3-23)36-17)38-41(25,26)27/h4-7,9-13,16-17,22-24H,2-3H2,1H3,(H2,25,26,27)(H2,28,29,30)(H2,31,32,33)/t6-,7-,9-,10-,11-,12-,13-,16-,17-/m1/s1. The van der Waals surface area contributed by atoms with Gasteiger partial charge in [-0.05, 0) is 0 Å². The fourth-order valence-corrected chi connectivity index (χ4v) is 6.23. The zero-order valence-corrected chi connectivity index (χ0v) is 24.2. The first-order valence-corrected chi connectivity index (χ1v) is 16.3. The Morgan fingerprint density at radius 3 is 1.93 bits per heavy atom. The fraction of sp³-hybridized carbons (Fsp3) is 0.706. The van der Waals surface area contributed by atoms with Crippen LogP contribution in [0, 0.1) is 0 Å². The summed E-state index contributed by atoms with van der Waals surface area (Å²) in [5.74, 6) is 0.0256. The molecule has 9 N–H and O–H groups in total. The summed E-state index contributed by atoms with van der Waals surface area (Å²) in [6.45, 7) is -2.03. The van der Waals surface area contributed by atoms with Gasteiger partial charge in [-0.1, -0.05) is 0 Å². The average Bonchev–Trinajstić information content (AvgIpc) is 3.46. The summed E-state index contributed by atoms with van der Waals surface area (Å²) >= 11 is 0. The van der Waals surface area contributed by atoms with Crippen molar-refractivity contribution in [2.75, 3.05) is 20.3 Å². The van der Waals surface area contributed by atoms with E-state index in [1.165, 1.54) is 7.11 Å². The Morgan fingerprint density at radius 1 is 0.814 bits per heavy atom. The molecule has 43 heavy (non-hydrogen) atoms. The van der Waals surface area contributed by atoms with Crippen molar-refractivity contribution in [2.24, 2.45) is 0 Å². The highest BCUT2D eigenvalue weighted by Crippen LogP contribution is 2.49. The third kappa shape index (κ3) is 8.00. The van der Waals surface area contributed by atoms with Gasteiger partial charge in [0.2, 0.25) is 5.88 Å². The molecule has 23 nitrogen and oxygen atoms in total. The highest BCUT2D eigenvalue weighted by atomic mass is 31.2. The van der Waals surface area contributed by atoms with Crippen LogP contribution in [0.25, 0.3) is 11.2 Å². The van der Waals surface area contributed by atoms with E-state index in [0.717, 1.165) is 17.2 Å². The van der Waals surface area contributed by atoms with Crippen molar-refractivity contribution in [3.63, 3.8) is 0 Å². The number of rotatable bonds is 12. The molecule has 0 spiro atoms. The first-order chi connectivity index (χ1) is 20.0. The van der Waals surface area contributed by atoms with Crippen molar-refractivity contribution in [2.45, 2.75) is 55.2 Å². The highest BCUT2D eigenvalue weighted by Gasteiger charge is 2.56. The molecule has 2 aromatic rings. The lowest BCUT2D eigenvalue weighted by Gasteiger charge is -2.44. The molecular formula is C17H27N4O19P3. The molecule has 0 radical (unpaired) electrons. The molecular weight excluding hydrogens is 657 g/mol. The number of hydrogen-bond donors (Lipinski definition) is 9. The van der Waals surface area contributed by atoms with Crippen molar-refractivity contribution in [1.82, 2.24) is 19.5 Å². The van der Waals surface area contributed by atoms with Gasteiger partial charge in [-0.25, -0.2) is 23.7 Å². The van der Waals surface area contributed by atoms with Gasteiger partial charge in [0.25, 0.3) is 0 Å². The monoisotopic (exact) mass is 684 g/mol. The van der Waals surface area contributed by atoms with Crippen LogP contribution in [0.5, 0.6) is 5.88 Å². The molecule has 0 bridgehead atoms. The van der Waals surface area contributed by atoms with Crippen LogP contribution in [0.1, 0.15) is 6.23 Å². The fourth-order valence-electron chi connectivity index (χ4n) is 4.55. The lowest BCUT2D eigenvalue weighted by atomic mass is 9.99. The molecule has 4 rings (SSSR count). The van der Waals surface area contributed by atoms with Gasteiger partial charge in [-0.15, -0.1) is 0 Å². The van der Waals surface area contributed by atoms with E-state index in [4.69, 9.17) is 23.5 Å². The van der Waals surface area contributed by atoms with Crippen LogP contribution in [0.15, 0.2) is 12.7 Å². The number of fused-ring (bicyclic) bond motifs is 1. The van der Waals surface area contributed by atoms with Crippen molar-refractivity contribution in [3.8, 4) is 5.88 Å². The topological polar surface area (TPSA) is 341 Å². The lowest BCUT2D eigenvalue weighted by Crippen LogP contribution is -2.61. The number of phosphoric ester groups is 3. The predicted octanol–water partition coefficient (Wildman–Crippen LogP) is -3.38. The lowest BCUT2D eigenvalue weighted by molar-refractivity contribution is -0.313. The van der Waals surface area contributed by atoms with Gasteiger partial charge in [-0.2, -0.15) is 4.98 Å². The Morgan fingerprint density at radius 2 is 1.37 bits per heavy atom. The third-order valence-corrected chi connectivity index (χ3v) is 7.68. The molecule has 2 fully saturated rings. The molecule has 0 aliphatic carbocycles. The van der Waals surface area contributed by atoms with E-state index in [1.54, 1.807) is 0 Å². The molecule has 2 aliphatic heterocycles. The number of aliphatic hydroxyl groups is 3. The number of nitrogens with zero attached hydrogens (tertiary/aromatic N) is 4. The second-order valence-corrected chi connectivity index (χ2v) is 12.5. The van der Waals surface area contributed by atoms with Crippen molar-refractivity contribution in [3.05, 3.63) is 12.7 Å². The summed E-state index contributed by atoms with van der Waals surface area (Å²) in [6, 6.07) is 0. The Kier molecular flexibility index (Phi) is 10.4. The molecule has 0 unspecified atom stereocenters. The van der Waals surface area contributed by atoms with Crippen LogP contribution >= 0.6 is 23.5 Å². The SMILES string of the molecule is COc1ncnc2c1ncn2[C@@H]1O[C@H](CO)[C@@H](O[C@H]2O[C@H](CO)[C@@H](OP(=O)(O)O)[C@H](OP(=O)(O)O)[C@H]2O)[C@H]1OP(=O)(O)O. The van der Waals surface area contributed by atoms with Crippen LogP contribution in [0.4, 0.5) is 0 Å². The minimum Gasteiger partial charge on any atom is -0.479 e. The Balaban J connectivity index is 1.71. The van der Waals surface area contributed by atoms with E-state index < -0.39 is 91.9 Å². The number of methoxy groups -OCH3 is 1. The maximum absolute atomic E-state index is 12.0. The van der Waals surface area contributed by atoms with Crippen LogP contribution in [0.2, 0.25) is 0 Å². The second-order valence-electron chi connectivity index (χ2n) is 8.95. The second kappa shape index (κ2) is 13.0. The van der Waals surface area contributed by atoms with Gasteiger partial charge in [0, 0.05) is 0 Å². The first-order valence-electron chi connectivity index (χ1n) is 11.8. The molecule has 4 heterocycles. The van der Waals surface area contributed by atoms with E-state index >= 15 is 0 Å². The smallest absolute Gasteiger partial charge is 0.470 e. The third-order valence-electron chi connectivity index (χ3n) is 6.12. The Hall–Kier alpha value is -1.56. The van der Waals surface area contributed by atoms with Gasteiger partial charge in [-0.3, -0.25) is 18.1 Å². The molecule has 0 amide bonds. The highest BCUT2D eigenvalue weighted by molar-refractivity contribution is 7.46. The first kappa shape index (κ1) is 34.3. The number of hydrogen-bond acceptors (Lipinski definition) is 16. The van der Waals surface area contributed by atoms with E-state index in [1.807, 2.05) is 0 Å². The number of aliphatic hydroxyl groups excluding tert-OH is 3. The average molecular weight is 684 g/mol. The van der Waals surface area contributed by atoms with E-state index in [9.17, 15) is 58.4 Å². The summed E-state index contributed by atoms with van der Waals surface area (Å²) in [5.41, 5.74) is 0.120. The summed E-state index contributed by atoms with van der Waals surface area (Å²) in [7, 11) is -15.0. The largest absolute Gasteiger partial charge is 0.479 e. The van der Waals surface area contributed by atoms with Gasteiger partial charge in [0.1, 0.15) is 49.1 Å². The molecule has 2 saturated heterocycles. The van der Waals surface area contributed by atoms with Gasteiger partial charge < -0.3 is 63.6 Å². The van der Waals surface area contributed by atoms with Crippen molar-refractivity contribution >= 4 is 34.6 Å². The number of phosphoric acid groups is 3. The van der Waals surface area contributed by atoms with E-state index in [-0.39, 0.29) is 17.0 Å². The number of aromatic nitrogens is 4. The maximum atomic E-state index is 12.0. The van der Waals surface area contributed by atoms with E-state index in [0.29, 0.717) is 0 Å². The van der Waals surface area contributed by atoms with Gasteiger partial charge >= 0.3 is 23.5 Å². The Bertz CT molecular complexity index is 1410. The minimum atomic E-state index is -5.52. The zero-order chi connectivity index (χ0) is 31.9. The summed E-state index contributed by atoms with van der Waals surface area (Å²) in [5, 5.41) is 30.7. The summed E-state index contributed by atoms with van der Waals surface area (Å²) in [6.07, 6.45) is -15.3. The molecule has 26 heteroatoms. The number of imidazole rings is 1. The quantitative estimate of drug-likeness (QED) is 0.0984. The zero-order valence-electron chi connectivity index (χ0n) is 21.5. The van der Waals surface area contributed by atoms with E-state index in [2.05, 4.69) is 24.0 Å². The molecule has 0 aromatic carbocycles. The number of ether oxygens (including phenoxy) is 4. The van der Waals surface area contributed by atoms with Crippen LogP contribution in [0.3, 0.4) is 0 Å². The van der Waals surface area contributed by atoms with Crippen molar-refractivity contribution < 1.29 is 90.9 Å². The molecule has 2 aromatic heterocycles. The van der Waals surface area contributed by atoms with Crippen molar-refractivity contribution in [1.29, 1.82) is 0 Å². The van der Waals surface area contributed by atoms with Crippen LogP contribution in [-0.2, 0) is 41.5 Å². The summed E-state index contributed by atoms with van der Waals surface area (Å²) < 4.78 is 71.9. The van der Waals surface area contributed by atoms with Crippen LogP contribution < -0.4 is 4.74 Å². The summed E-state index contributed by atoms with van der Waals surface area (Å²) in [4.78, 5) is 68.5. The Labute approximate surface area is 239 Å². The minimum absolute atomic E-state index is 0.0235. The van der Waals surface area contributed by atoms with Gasteiger partial charge in [0.05, 0.1) is 26.7 Å². The predicted molar refractivity (Wildman–Crippen MR) is 130 cm³/mol. The van der Waals surface area contributed by atoms with Crippen LogP contribution in [-0.4, -0.2) is 134 Å². The molecule has 0 saturated carbocycles.